The van der Waals surface area contributed by atoms with E-state index in [9.17, 15) is 13.2 Å². The van der Waals surface area contributed by atoms with E-state index < -0.39 is 9.05 Å². The van der Waals surface area contributed by atoms with Gasteiger partial charge in [-0.05, 0) is 43.9 Å². The van der Waals surface area contributed by atoms with Gasteiger partial charge < -0.3 is 5.32 Å². The minimum absolute atomic E-state index is 0.0952. The Hall–Kier alpha value is -0.850. The molecule has 0 atom stereocenters. The first kappa shape index (κ1) is 16.5. The molecule has 1 N–H and O–H groups in total. The van der Waals surface area contributed by atoms with E-state index in [2.05, 4.69) is 27.3 Å². The van der Waals surface area contributed by atoms with Gasteiger partial charge in [-0.25, -0.2) is 8.42 Å². The highest BCUT2D eigenvalue weighted by atomic mass is 79.9. The summed E-state index contributed by atoms with van der Waals surface area (Å²) in [4.78, 5) is 12.0. The minimum atomic E-state index is -3.86. The van der Waals surface area contributed by atoms with Crippen molar-refractivity contribution in [3.05, 3.63) is 39.9 Å². The maximum absolute atomic E-state index is 12.1. The SMILES string of the molecule is O=C(NCCC1=CCCC1)c1cc(Br)cc(S(=O)(=O)Cl)c1. The van der Waals surface area contributed by atoms with Gasteiger partial charge in [-0.1, -0.05) is 27.6 Å². The van der Waals surface area contributed by atoms with Gasteiger partial charge in [0.05, 0.1) is 4.90 Å². The first-order valence-electron chi connectivity index (χ1n) is 6.57. The van der Waals surface area contributed by atoms with E-state index in [0.717, 1.165) is 19.3 Å². The molecule has 0 saturated heterocycles. The van der Waals surface area contributed by atoms with Gasteiger partial charge in [0.15, 0.2) is 0 Å². The average molecular weight is 393 g/mol. The summed E-state index contributed by atoms with van der Waals surface area (Å²) in [5.41, 5.74) is 1.64. The van der Waals surface area contributed by atoms with Crippen LogP contribution in [0.5, 0.6) is 0 Å². The van der Waals surface area contributed by atoms with Crippen LogP contribution in [0.3, 0.4) is 0 Å². The second-order valence-electron chi connectivity index (χ2n) is 4.87. The van der Waals surface area contributed by atoms with Crippen LogP contribution in [0.2, 0.25) is 0 Å². The normalized spacial score (nSPS) is 14.9. The molecule has 0 aromatic heterocycles. The van der Waals surface area contributed by atoms with Crippen molar-refractivity contribution in [2.45, 2.75) is 30.6 Å². The number of hydrogen-bond acceptors (Lipinski definition) is 3. The fourth-order valence-corrected chi connectivity index (χ4v) is 3.69. The molecule has 1 aromatic carbocycles. The summed E-state index contributed by atoms with van der Waals surface area (Å²) in [5, 5.41) is 2.79. The predicted molar refractivity (Wildman–Crippen MR) is 86.1 cm³/mol. The monoisotopic (exact) mass is 391 g/mol. The number of carbonyl (C=O) groups is 1. The van der Waals surface area contributed by atoms with E-state index >= 15 is 0 Å². The molecule has 0 radical (unpaired) electrons. The van der Waals surface area contributed by atoms with E-state index in [4.69, 9.17) is 10.7 Å². The van der Waals surface area contributed by atoms with E-state index in [0.29, 0.717) is 11.0 Å². The number of halogens is 2. The first-order valence-corrected chi connectivity index (χ1v) is 9.68. The van der Waals surface area contributed by atoms with Crippen LogP contribution in [-0.4, -0.2) is 20.9 Å². The third-order valence-corrected chi connectivity index (χ3v) is 5.07. The molecule has 0 unspecified atom stereocenters. The van der Waals surface area contributed by atoms with Crippen molar-refractivity contribution in [2.24, 2.45) is 0 Å². The lowest BCUT2D eigenvalue weighted by molar-refractivity contribution is 0.0954. The fraction of sp³-hybridized carbons (Fsp3) is 0.357. The van der Waals surface area contributed by atoms with Crippen LogP contribution < -0.4 is 5.32 Å². The highest BCUT2D eigenvalue weighted by molar-refractivity contribution is 9.10. The van der Waals surface area contributed by atoms with Crippen molar-refractivity contribution in [3.8, 4) is 0 Å². The van der Waals surface area contributed by atoms with E-state index in [1.165, 1.54) is 24.1 Å². The van der Waals surface area contributed by atoms with Crippen molar-refractivity contribution in [1.29, 1.82) is 0 Å². The maximum Gasteiger partial charge on any atom is 0.261 e. The van der Waals surface area contributed by atoms with Gasteiger partial charge in [-0.15, -0.1) is 0 Å². The smallest absolute Gasteiger partial charge is 0.261 e. The largest absolute Gasteiger partial charge is 0.352 e. The van der Waals surface area contributed by atoms with Crippen LogP contribution in [0.25, 0.3) is 0 Å². The highest BCUT2D eigenvalue weighted by Gasteiger charge is 2.15. The van der Waals surface area contributed by atoms with Crippen LogP contribution >= 0.6 is 26.6 Å². The van der Waals surface area contributed by atoms with Gasteiger partial charge in [-0.3, -0.25) is 4.79 Å². The summed E-state index contributed by atoms with van der Waals surface area (Å²) in [6, 6.07) is 4.20. The third kappa shape index (κ3) is 4.83. The lowest BCUT2D eigenvalue weighted by Crippen LogP contribution is -2.24. The van der Waals surface area contributed by atoms with Crippen LogP contribution in [-0.2, 0) is 9.05 Å². The Morgan fingerprint density at radius 1 is 1.33 bits per heavy atom. The van der Waals surface area contributed by atoms with Gasteiger partial charge in [0.25, 0.3) is 15.0 Å². The summed E-state index contributed by atoms with van der Waals surface area (Å²) < 4.78 is 23.2. The van der Waals surface area contributed by atoms with Gasteiger partial charge in [-0.2, -0.15) is 0 Å². The molecule has 0 bridgehead atoms. The second-order valence-corrected chi connectivity index (χ2v) is 8.36. The zero-order valence-corrected chi connectivity index (χ0v) is 14.4. The number of allylic oxidation sites excluding steroid dienone is 1. The summed E-state index contributed by atoms with van der Waals surface area (Å²) in [7, 11) is 1.45. The van der Waals surface area contributed by atoms with Crippen molar-refractivity contribution in [1.82, 2.24) is 5.32 Å². The van der Waals surface area contributed by atoms with Crippen LogP contribution in [0.15, 0.2) is 39.2 Å². The Kier molecular flexibility index (Phi) is 5.46. The number of hydrogen-bond donors (Lipinski definition) is 1. The molecule has 0 spiro atoms. The van der Waals surface area contributed by atoms with Crippen LogP contribution in [0.4, 0.5) is 0 Å². The van der Waals surface area contributed by atoms with Gasteiger partial charge >= 0.3 is 0 Å². The fourth-order valence-electron chi connectivity index (χ4n) is 2.24. The minimum Gasteiger partial charge on any atom is -0.352 e. The molecule has 0 saturated carbocycles. The zero-order chi connectivity index (χ0) is 15.5. The van der Waals surface area contributed by atoms with E-state index in [1.54, 1.807) is 6.07 Å². The molecule has 1 aromatic rings. The number of carbonyl (C=O) groups excluding carboxylic acids is 1. The van der Waals surface area contributed by atoms with Crippen molar-refractivity contribution in [3.63, 3.8) is 0 Å². The standard InChI is InChI=1S/C14H15BrClNO3S/c15-12-7-11(8-13(9-12)21(16,19)20)14(18)17-6-5-10-3-1-2-4-10/h3,7-9H,1-2,4-6H2,(H,17,18). The van der Waals surface area contributed by atoms with Gasteiger partial charge in [0.1, 0.15) is 0 Å². The Bertz CT molecular complexity index is 685. The summed E-state index contributed by atoms with van der Waals surface area (Å²) in [5.74, 6) is -0.309. The summed E-state index contributed by atoms with van der Waals surface area (Å²) in [6.45, 7) is 0.542. The Labute approximate surface area is 137 Å². The molecule has 7 heteroatoms. The third-order valence-electron chi connectivity index (χ3n) is 3.28. The number of rotatable bonds is 5. The topological polar surface area (TPSA) is 63.2 Å². The van der Waals surface area contributed by atoms with E-state index in [-0.39, 0.29) is 16.4 Å². The quantitative estimate of drug-likeness (QED) is 0.615. The molecule has 2 rings (SSSR count). The lowest BCUT2D eigenvalue weighted by atomic mass is 10.1. The zero-order valence-electron chi connectivity index (χ0n) is 11.2. The van der Waals surface area contributed by atoms with Gasteiger partial charge in [0, 0.05) is 27.3 Å². The maximum atomic E-state index is 12.1. The summed E-state index contributed by atoms with van der Waals surface area (Å²) in [6.07, 6.45) is 6.45. The lowest BCUT2D eigenvalue weighted by Gasteiger charge is -2.07. The average Bonchev–Trinajstić information content (AvgIpc) is 2.90. The number of amides is 1. The van der Waals surface area contributed by atoms with Gasteiger partial charge in [0.2, 0.25) is 0 Å². The molecule has 21 heavy (non-hydrogen) atoms. The molecule has 1 amide bonds. The highest BCUT2D eigenvalue weighted by Crippen LogP contribution is 2.23. The molecular weight excluding hydrogens is 378 g/mol. The molecule has 0 fully saturated rings. The second kappa shape index (κ2) is 6.94. The molecule has 114 valence electrons. The first-order chi connectivity index (χ1) is 9.86. The van der Waals surface area contributed by atoms with Crippen LogP contribution in [0, 0.1) is 0 Å². The van der Waals surface area contributed by atoms with Crippen molar-refractivity contribution < 1.29 is 13.2 Å². The molecular formula is C14H15BrClNO3S. The molecule has 4 nitrogen and oxygen atoms in total. The molecule has 1 aliphatic carbocycles. The summed E-state index contributed by atoms with van der Waals surface area (Å²) >= 11 is 3.18. The molecule has 1 aliphatic rings. The molecule has 0 heterocycles. The van der Waals surface area contributed by atoms with Crippen molar-refractivity contribution in [2.75, 3.05) is 6.54 Å². The number of benzene rings is 1. The predicted octanol–water partition coefficient (Wildman–Crippen LogP) is 3.61. The Balaban J connectivity index is 2.03. The van der Waals surface area contributed by atoms with E-state index in [1.807, 2.05) is 0 Å². The Morgan fingerprint density at radius 3 is 2.71 bits per heavy atom. The van der Waals surface area contributed by atoms with Crippen LogP contribution in [0.1, 0.15) is 36.0 Å². The number of nitrogens with one attached hydrogen (secondary N) is 1. The molecule has 0 aliphatic heterocycles. The Morgan fingerprint density at radius 2 is 2.10 bits per heavy atom. The van der Waals surface area contributed by atoms with Crippen molar-refractivity contribution >= 4 is 41.6 Å².